The molecule has 1 aromatic rings. The van der Waals surface area contributed by atoms with Crippen molar-refractivity contribution in [3.05, 3.63) is 35.9 Å². The van der Waals surface area contributed by atoms with E-state index in [0.29, 0.717) is 6.54 Å². The summed E-state index contributed by atoms with van der Waals surface area (Å²) >= 11 is 0. The summed E-state index contributed by atoms with van der Waals surface area (Å²) in [6, 6.07) is 9.89. The largest absolute Gasteiger partial charge is 0.392 e. The second-order valence-corrected chi connectivity index (χ2v) is 9.87. The van der Waals surface area contributed by atoms with E-state index in [1.165, 1.54) is 7.11 Å². The fourth-order valence-electron chi connectivity index (χ4n) is 6.02. The number of aliphatic hydroxyl groups excluding tert-OH is 1. The van der Waals surface area contributed by atoms with Crippen molar-refractivity contribution >= 4 is 11.8 Å². The summed E-state index contributed by atoms with van der Waals surface area (Å²) in [6.45, 7) is 6.88. The Morgan fingerprint density at radius 2 is 1.90 bits per heavy atom. The van der Waals surface area contributed by atoms with E-state index in [2.05, 4.69) is 24.5 Å². The number of nitrogens with one attached hydrogen (secondary N) is 2. The molecule has 2 amide bonds. The minimum Gasteiger partial charge on any atom is -0.392 e. The molecule has 6 nitrogen and oxygen atoms in total. The first kappa shape index (κ1) is 23.7. The second kappa shape index (κ2) is 10.1. The van der Waals surface area contributed by atoms with Crippen LogP contribution >= 0.6 is 0 Å². The first-order valence-corrected chi connectivity index (χ1v) is 11.5. The molecule has 0 heterocycles. The number of aliphatic hydroxyl groups is 1. The molecule has 0 unspecified atom stereocenters. The molecule has 3 N–H and O–H groups in total. The van der Waals surface area contributed by atoms with Crippen molar-refractivity contribution in [2.75, 3.05) is 13.7 Å². The molecule has 0 aromatic heterocycles. The Morgan fingerprint density at radius 3 is 2.58 bits per heavy atom. The Labute approximate surface area is 186 Å². The predicted octanol–water partition coefficient (Wildman–Crippen LogP) is 2.89. The van der Waals surface area contributed by atoms with Gasteiger partial charge in [-0.3, -0.25) is 9.59 Å². The molecule has 0 aliphatic heterocycles. The van der Waals surface area contributed by atoms with Crippen LogP contribution < -0.4 is 10.6 Å². The van der Waals surface area contributed by atoms with Crippen LogP contribution in [-0.2, 0) is 20.9 Å². The van der Waals surface area contributed by atoms with Gasteiger partial charge < -0.3 is 20.5 Å². The monoisotopic (exact) mass is 430 g/mol. The van der Waals surface area contributed by atoms with Gasteiger partial charge in [0.05, 0.1) is 6.10 Å². The zero-order valence-electron chi connectivity index (χ0n) is 19.3. The van der Waals surface area contributed by atoms with Gasteiger partial charge in [-0.15, -0.1) is 0 Å². The summed E-state index contributed by atoms with van der Waals surface area (Å²) in [5.74, 6) is -0.277. The third kappa shape index (κ3) is 5.29. The van der Waals surface area contributed by atoms with Crippen LogP contribution in [0.3, 0.4) is 0 Å². The molecule has 0 bridgehead atoms. The maximum absolute atomic E-state index is 12.9. The maximum Gasteiger partial charge on any atom is 0.246 e. The molecular formula is C25H38N2O4. The lowest BCUT2D eigenvalue weighted by atomic mass is 9.51. The van der Waals surface area contributed by atoms with E-state index < -0.39 is 6.10 Å². The summed E-state index contributed by atoms with van der Waals surface area (Å²) in [6.07, 6.45) is 3.17. The smallest absolute Gasteiger partial charge is 0.246 e. The van der Waals surface area contributed by atoms with Crippen LogP contribution in [0.1, 0.15) is 52.0 Å². The minimum absolute atomic E-state index is 0.00934. The third-order valence-electron chi connectivity index (χ3n) is 7.87. The highest BCUT2D eigenvalue weighted by Crippen LogP contribution is 2.55. The summed E-state index contributed by atoms with van der Waals surface area (Å²) in [5.41, 5.74) is 1.10. The van der Waals surface area contributed by atoms with Gasteiger partial charge in [0.1, 0.15) is 6.61 Å². The number of benzene rings is 1. The second-order valence-electron chi connectivity index (χ2n) is 9.87. The van der Waals surface area contributed by atoms with Crippen LogP contribution in [0.2, 0.25) is 0 Å². The number of methoxy groups -OCH3 is 1. The normalized spacial score (nSPS) is 33.8. The van der Waals surface area contributed by atoms with Crippen LogP contribution in [0.15, 0.2) is 30.3 Å². The molecule has 1 aromatic carbocycles. The van der Waals surface area contributed by atoms with E-state index in [4.69, 9.17) is 4.74 Å². The van der Waals surface area contributed by atoms with E-state index in [0.717, 1.165) is 31.2 Å². The Bertz CT molecular complexity index is 755. The first-order chi connectivity index (χ1) is 14.8. The fourth-order valence-corrected chi connectivity index (χ4v) is 6.02. The first-order valence-electron chi connectivity index (χ1n) is 11.5. The molecular weight excluding hydrogens is 392 g/mol. The highest BCUT2D eigenvalue weighted by atomic mass is 16.5. The lowest BCUT2D eigenvalue weighted by Gasteiger charge is -2.56. The molecule has 0 spiro atoms. The lowest BCUT2D eigenvalue weighted by Crippen LogP contribution is -2.58. The number of rotatable bonds is 7. The van der Waals surface area contributed by atoms with Crippen molar-refractivity contribution in [1.29, 1.82) is 0 Å². The van der Waals surface area contributed by atoms with Gasteiger partial charge in [-0.05, 0) is 54.4 Å². The van der Waals surface area contributed by atoms with E-state index in [1.54, 1.807) is 0 Å². The van der Waals surface area contributed by atoms with Gasteiger partial charge in [-0.2, -0.15) is 0 Å². The molecule has 2 aliphatic carbocycles. The zero-order chi connectivity index (χ0) is 22.6. The number of ether oxygens (including phenoxy) is 1. The van der Waals surface area contributed by atoms with Gasteiger partial charge in [0.25, 0.3) is 0 Å². The highest BCUT2D eigenvalue weighted by molar-refractivity contribution is 5.78. The van der Waals surface area contributed by atoms with Crippen LogP contribution in [0.5, 0.6) is 0 Å². The van der Waals surface area contributed by atoms with E-state index in [-0.39, 0.29) is 53.5 Å². The van der Waals surface area contributed by atoms with Gasteiger partial charge in [-0.25, -0.2) is 0 Å². The van der Waals surface area contributed by atoms with Gasteiger partial charge in [0, 0.05) is 25.6 Å². The quantitative estimate of drug-likeness (QED) is 0.621. The maximum atomic E-state index is 12.9. The molecule has 2 aliphatic rings. The van der Waals surface area contributed by atoms with Crippen molar-refractivity contribution < 1.29 is 19.4 Å². The van der Waals surface area contributed by atoms with Crippen molar-refractivity contribution in [3.8, 4) is 0 Å². The average molecular weight is 431 g/mol. The number of hydrogen-bond acceptors (Lipinski definition) is 4. The number of fused-ring (bicyclic) bond motifs is 1. The van der Waals surface area contributed by atoms with E-state index in [1.807, 2.05) is 37.3 Å². The number of carbonyl (C=O) groups excluding carboxylic acids is 2. The summed E-state index contributed by atoms with van der Waals surface area (Å²) in [5, 5.41) is 17.6. The molecule has 31 heavy (non-hydrogen) atoms. The van der Waals surface area contributed by atoms with Gasteiger partial charge in [0.15, 0.2) is 0 Å². The fraction of sp³-hybridized carbons (Fsp3) is 0.680. The molecule has 2 saturated carbocycles. The molecule has 0 radical (unpaired) electrons. The molecule has 3 rings (SSSR count). The summed E-state index contributed by atoms with van der Waals surface area (Å²) < 4.78 is 4.95. The van der Waals surface area contributed by atoms with Crippen molar-refractivity contribution in [1.82, 2.24) is 10.6 Å². The number of hydrogen-bond donors (Lipinski definition) is 3. The molecule has 6 heteroatoms. The van der Waals surface area contributed by atoms with E-state index >= 15 is 0 Å². The number of amides is 2. The Balaban J connectivity index is 1.66. The van der Waals surface area contributed by atoms with Gasteiger partial charge >= 0.3 is 0 Å². The summed E-state index contributed by atoms with van der Waals surface area (Å²) in [4.78, 5) is 24.9. The zero-order valence-corrected chi connectivity index (χ0v) is 19.3. The Kier molecular flexibility index (Phi) is 7.76. The molecule has 7 atom stereocenters. The van der Waals surface area contributed by atoms with Crippen molar-refractivity contribution in [3.63, 3.8) is 0 Å². The number of carbonyl (C=O) groups is 2. The Morgan fingerprint density at radius 1 is 1.23 bits per heavy atom. The van der Waals surface area contributed by atoms with Crippen LogP contribution in [0, 0.1) is 29.1 Å². The van der Waals surface area contributed by atoms with Crippen LogP contribution in [0.25, 0.3) is 0 Å². The van der Waals surface area contributed by atoms with Gasteiger partial charge in [-0.1, -0.05) is 51.1 Å². The SMILES string of the molecule is COCC(=O)N[C@H]1CC[C@]2(C)CC[C@H]([C@H](C)C(=O)NCc3ccccc3)[C@H](O)[C@H]2[C@@H]1C. The molecule has 2 fully saturated rings. The lowest BCUT2D eigenvalue weighted by molar-refractivity contribution is -0.144. The van der Waals surface area contributed by atoms with Crippen LogP contribution in [-0.4, -0.2) is 42.8 Å². The van der Waals surface area contributed by atoms with Crippen molar-refractivity contribution in [2.24, 2.45) is 29.1 Å². The predicted molar refractivity (Wildman–Crippen MR) is 120 cm³/mol. The molecule has 0 saturated heterocycles. The highest BCUT2D eigenvalue weighted by Gasteiger charge is 2.53. The minimum atomic E-state index is -0.562. The van der Waals surface area contributed by atoms with Crippen LogP contribution in [0.4, 0.5) is 0 Å². The molecule has 172 valence electrons. The Hall–Kier alpha value is -1.92. The van der Waals surface area contributed by atoms with E-state index in [9.17, 15) is 14.7 Å². The summed E-state index contributed by atoms with van der Waals surface area (Å²) in [7, 11) is 1.51. The topological polar surface area (TPSA) is 87.7 Å². The van der Waals surface area contributed by atoms with Crippen molar-refractivity contribution in [2.45, 2.75) is 65.1 Å². The average Bonchev–Trinajstić information content (AvgIpc) is 2.75. The van der Waals surface area contributed by atoms with Gasteiger partial charge in [0.2, 0.25) is 11.8 Å². The third-order valence-corrected chi connectivity index (χ3v) is 7.87. The standard InChI is InChI=1S/C25H38N2O4/c1-16(24(30)26-14-18-8-6-5-7-9-18)19-10-12-25(3)13-11-20(27-21(28)15-31-4)17(2)22(25)23(19)29/h5-9,16-17,19-20,22-23,29H,10-15H2,1-4H3,(H,26,30)(H,27,28)/t16-,17+,19+,20-,22+,23-,25-/m0/s1.